The number of pyridine rings is 1. The largest absolute Gasteiger partial charge is 0.307 e. The van der Waals surface area contributed by atoms with E-state index in [0.29, 0.717) is 0 Å². The van der Waals surface area contributed by atoms with Crippen molar-refractivity contribution in [2.45, 2.75) is 0 Å². The summed E-state index contributed by atoms with van der Waals surface area (Å²) in [5, 5.41) is 12.9. The van der Waals surface area contributed by atoms with E-state index in [2.05, 4.69) is 26.2 Å². The summed E-state index contributed by atoms with van der Waals surface area (Å²) in [4.78, 5) is 25.4. The zero-order valence-electron chi connectivity index (χ0n) is 9.84. The average Bonchev–Trinajstić information content (AvgIpc) is 2.40. The molecule has 2 aromatic rings. The number of aromatic nitrogens is 1. The Balaban J connectivity index is 2.19. The molecule has 0 spiro atoms. The number of halogens is 2. The number of nitro groups is 1. The lowest BCUT2D eigenvalue weighted by molar-refractivity contribution is -0.387. The molecule has 0 aliphatic heterocycles. The molecule has 0 unspecified atom stereocenters. The van der Waals surface area contributed by atoms with Gasteiger partial charge in [0.2, 0.25) is 5.82 Å². The van der Waals surface area contributed by atoms with Crippen molar-refractivity contribution in [2.75, 3.05) is 5.32 Å². The van der Waals surface area contributed by atoms with E-state index in [4.69, 9.17) is 0 Å². The Labute approximate surface area is 120 Å². The summed E-state index contributed by atoms with van der Waals surface area (Å²) < 4.78 is 14.2. The van der Waals surface area contributed by atoms with E-state index in [1.807, 2.05) is 0 Å². The highest BCUT2D eigenvalue weighted by atomic mass is 79.9. The molecule has 1 aromatic carbocycles. The fraction of sp³-hybridized carbons (Fsp3) is 0. The number of hydrogen-bond acceptors (Lipinski definition) is 4. The van der Waals surface area contributed by atoms with Crippen molar-refractivity contribution in [2.24, 2.45) is 0 Å². The quantitative estimate of drug-likeness (QED) is 0.687. The maximum absolute atomic E-state index is 13.4. The highest BCUT2D eigenvalue weighted by Gasteiger charge is 2.16. The van der Waals surface area contributed by atoms with Crippen LogP contribution in [0, 0.1) is 15.9 Å². The molecule has 8 heteroatoms. The van der Waals surface area contributed by atoms with Gasteiger partial charge in [0, 0.05) is 22.3 Å². The summed E-state index contributed by atoms with van der Waals surface area (Å²) >= 11 is 3.20. The Morgan fingerprint density at radius 2 is 2.10 bits per heavy atom. The van der Waals surface area contributed by atoms with Crippen molar-refractivity contribution < 1.29 is 14.1 Å². The molecule has 0 aliphatic carbocycles. The van der Waals surface area contributed by atoms with Crippen LogP contribution in [0.3, 0.4) is 0 Å². The first kappa shape index (κ1) is 14.1. The number of hydrogen-bond donors (Lipinski definition) is 1. The molecule has 1 heterocycles. The highest BCUT2D eigenvalue weighted by Crippen LogP contribution is 2.19. The summed E-state index contributed by atoms with van der Waals surface area (Å²) in [7, 11) is 0. The van der Waals surface area contributed by atoms with Gasteiger partial charge >= 0.3 is 5.69 Å². The SMILES string of the molecule is O=C(Nc1ccc(Br)cn1)c1ccc([N+](=O)[O-])c(F)c1. The Bertz CT molecular complexity index is 676. The van der Waals surface area contributed by atoms with Crippen LogP contribution in [0.1, 0.15) is 10.4 Å². The van der Waals surface area contributed by atoms with Crippen molar-refractivity contribution >= 4 is 33.3 Å². The number of benzene rings is 1. The zero-order chi connectivity index (χ0) is 14.7. The number of nitro benzene ring substituents is 1. The molecule has 0 saturated carbocycles. The number of rotatable bonds is 3. The predicted molar refractivity (Wildman–Crippen MR) is 72.9 cm³/mol. The summed E-state index contributed by atoms with van der Waals surface area (Å²) in [5.74, 6) is -1.38. The maximum atomic E-state index is 13.4. The van der Waals surface area contributed by atoms with Crippen LogP contribution in [0.25, 0.3) is 0 Å². The van der Waals surface area contributed by atoms with E-state index in [-0.39, 0.29) is 11.4 Å². The first-order valence-electron chi connectivity index (χ1n) is 5.34. The molecule has 0 fully saturated rings. The van der Waals surface area contributed by atoms with Gasteiger partial charge in [-0.1, -0.05) is 0 Å². The van der Waals surface area contributed by atoms with Gasteiger partial charge in [-0.25, -0.2) is 4.98 Å². The molecule has 102 valence electrons. The van der Waals surface area contributed by atoms with Crippen molar-refractivity contribution in [1.82, 2.24) is 4.98 Å². The third-order valence-electron chi connectivity index (χ3n) is 2.38. The summed E-state index contributed by atoms with van der Waals surface area (Å²) in [5.41, 5.74) is -0.707. The second-order valence-corrected chi connectivity index (χ2v) is 4.65. The normalized spacial score (nSPS) is 10.1. The van der Waals surface area contributed by atoms with Gasteiger partial charge in [0.05, 0.1) is 4.92 Å². The van der Waals surface area contributed by atoms with E-state index >= 15 is 0 Å². The van der Waals surface area contributed by atoms with Gasteiger partial charge in [-0.3, -0.25) is 14.9 Å². The lowest BCUT2D eigenvalue weighted by Gasteiger charge is -2.04. The van der Waals surface area contributed by atoms with Crippen molar-refractivity contribution in [3.8, 4) is 0 Å². The lowest BCUT2D eigenvalue weighted by Crippen LogP contribution is -2.13. The Morgan fingerprint density at radius 1 is 1.35 bits per heavy atom. The summed E-state index contributed by atoms with van der Waals surface area (Å²) in [6.45, 7) is 0. The fourth-order valence-corrected chi connectivity index (χ4v) is 1.67. The minimum absolute atomic E-state index is 0.0298. The Kier molecular flexibility index (Phi) is 4.04. The number of nitrogens with zero attached hydrogens (tertiary/aromatic N) is 2. The maximum Gasteiger partial charge on any atom is 0.304 e. The van der Waals surface area contributed by atoms with E-state index in [0.717, 1.165) is 16.6 Å². The van der Waals surface area contributed by atoms with Crippen molar-refractivity contribution in [3.05, 3.63) is 62.5 Å². The van der Waals surface area contributed by atoms with Crippen LogP contribution in [0.2, 0.25) is 0 Å². The number of carbonyl (C=O) groups excluding carboxylic acids is 1. The van der Waals surface area contributed by atoms with Crippen LogP contribution in [0.5, 0.6) is 0 Å². The molecular formula is C12H7BrFN3O3. The zero-order valence-corrected chi connectivity index (χ0v) is 11.4. The molecule has 0 aliphatic rings. The molecular weight excluding hydrogens is 333 g/mol. The van der Waals surface area contributed by atoms with E-state index in [9.17, 15) is 19.3 Å². The third kappa shape index (κ3) is 3.15. The first-order chi connectivity index (χ1) is 9.47. The number of anilines is 1. The summed E-state index contributed by atoms with van der Waals surface area (Å²) in [6.07, 6.45) is 1.49. The fourth-order valence-electron chi connectivity index (χ4n) is 1.43. The van der Waals surface area contributed by atoms with Crippen LogP contribution in [-0.4, -0.2) is 15.8 Å². The lowest BCUT2D eigenvalue weighted by atomic mass is 10.2. The van der Waals surface area contributed by atoms with Gasteiger partial charge in [-0.15, -0.1) is 0 Å². The monoisotopic (exact) mass is 339 g/mol. The van der Waals surface area contributed by atoms with Crippen LogP contribution in [0.4, 0.5) is 15.9 Å². The molecule has 0 saturated heterocycles. The van der Waals surface area contributed by atoms with Gasteiger partial charge in [0.15, 0.2) is 0 Å². The number of nitrogens with one attached hydrogen (secondary N) is 1. The van der Waals surface area contributed by atoms with Crippen LogP contribution in [0.15, 0.2) is 41.0 Å². The molecule has 0 radical (unpaired) electrons. The molecule has 20 heavy (non-hydrogen) atoms. The van der Waals surface area contributed by atoms with E-state index in [1.165, 1.54) is 12.3 Å². The topological polar surface area (TPSA) is 85.1 Å². The average molecular weight is 340 g/mol. The van der Waals surface area contributed by atoms with Gasteiger partial charge in [0.1, 0.15) is 5.82 Å². The van der Waals surface area contributed by atoms with Gasteiger partial charge < -0.3 is 5.32 Å². The summed E-state index contributed by atoms with van der Waals surface area (Å²) in [6, 6.07) is 6.17. The molecule has 1 amide bonds. The highest BCUT2D eigenvalue weighted by molar-refractivity contribution is 9.10. The van der Waals surface area contributed by atoms with Gasteiger partial charge in [-0.2, -0.15) is 4.39 Å². The van der Waals surface area contributed by atoms with Gasteiger partial charge in [-0.05, 0) is 40.2 Å². The predicted octanol–water partition coefficient (Wildman–Crippen LogP) is 3.14. The second-order valence-electron chi connectivity index (χ2n) is 3.74. The molecule has 0 atom stereocenters. The van der Waals surface area contributed by atoms with Crippen molar-refractivity contribution in [3.63, 3.8) is 0 Å². The molecule has 2 rings (SSSR count). The number of carbonyl (C=O) groups is 1. The minimum atomic E-state index is -1.06. The van der Waals surface area contributed by atoms with Crippen molar-refractivity contribution in [1.29, 1.82) is 0 Å². The molecule has 6 nitrogen and oxygen atoms in total. The molecule has 1 N–H and O–H groups in total. The Hall–Kier alpha value is -2.35. The minimum Gasteiger partial charge on any atom is -0.307 e. The molecule has 0 bridgehead atoms. The van der Waals surface area contributed by atoms with E-state index in [1.54, 1.807) is 12.1 Å². The molecule has 1 aromatic heterocycles. The smallest absolute Gasteiger partial charge is 0.304 e. The van der Waals surface area contributed by atoms with Gasteiger partial charge in [0.25, 0.3) is 5.91 Å². The van der Waals surface area contributed by atoms with Crippen LogP contribution >= 0.6 is 15.9 Å². The standard InChI is InChI=1S/C12H7BrFN3O3/c13-8-2-4-11(15-6-8)16-12(18)7-1-3-10(17(19)20)9(14)5-7/h1-6H,(H,15,16,18). The number of amides is 1. The van der Waals surface area contributed by atoms with Crippen LogP contribution < -0.4 is 5.32 Å². The van der Waals surface area contributed by atoms with Crippen LogP contribution in [-0.2, 0) is 0 Å². The second kappa shape index (κ2) is 5.74. The first-order valence-corrected chi connectivity index (χ1v) is 6.13. The third-order valence-corrected chi connectivity index (χ3v) is 2.84. The Morgan fingerprint density at radius 3 is 2.65 bits per heavy atom. The van der Waals surface area contributed by atoms with E-state index < -0.39 is 22.3 Å².